The van der Waals surface area contributed by atoms with E-state index in [1.165, 1.54) is 6.92 Å². The second kappa shape index (κ2) is 6.74. The first-order chi connectivity index (χ1) is 9.23. The van der Waals surface area contributed by atoms with Gasteiger partial charge in [-0.05, 0) is 26.0 Å². The number of rotatable bonds is 6. The molecule has 0 spiro atoms. The van der Waals surface area contributed by atoms with E-state index in [-0.39, 0.29) is 6.04 Å². The molecular formula is C14H22N2O3S. The second-order valence-corrected chi connectivity index (χ2v) is 7.38. The third-order valence-corrected chi connectivity index (χ3v) is 4.91. The van der Waals surface area contributed by atoms with Gasteiger partial charge in [0.2, 0.25) is 5.91 Å². The summed E-state index contributed by atoms with van der Waals surface area (Å²) in [5.74, 6) is -0.458. The summed E-state index contributed by atoms with van der Waals surface area (Å²) >= 11 is 0. The van der Waals surface area contributed by atoms with Crippen LogP contribution >= 0.6 is 0 Å². The van der Waals surface area contributed by atoms with E-state index in [9.17, 15) is 13.2 Å². The average molecular weight is 298 g/mol. The van der Waals surface area contributed by atoms with E-state index in [2.05, 4.69) is 5.32 Å². The highest BCUT2D eigenvalue weighted by Gasteiger charge is 2.23. The van der Waals surface area contributed by atoms with E-state index in [4.69, 9.17) is 0 Å². The molecule has 1 N–H and O–H groups in total. The molecule has 6 heteroatoms. The number of likely N-dealkylation sites (N-methyl/N-ethyl adjacent to an activating group) is 1. The van der Waals surface area contributed by atoms with Crippen LogP contribution in [0.3, 0.4) is 0 Å². The molecule has 0 aromatic heterocycles. The summed E-state index contributed by atoms with van der Waals surface area (Å²) < 4.78 is 22.6. The third kappa shape index (κ3) is 4.52. The molecule has 2 unspecified atom stereocenters. The van der Waals surface area contributed by atoms with Gasteiger partial charge in [-0.2, -0.15) is 0 Å². The van der Waals surface area contributed by atoms with Gasteiger partial charge in [0.15, 0.2) is 9.84 Å². The molecule has 0 radical (unpaired) electrons. The maximum absolute atomic E-state index is 11.7. The molecule has 0 saturated carbocycles. The molecular weight excluding hydrogens is 276 g/mol. The molecule has 0 aliphatic carbocycles. The van der Waals surface area contributed by atoms with Gasteiger partial charge < -0.3 is 10.2 Å². The van der Waals surface area contributed by atoms with E-state index >= 15 is 0 Å². The first kappa shape index (κ1) is 16.5. The lowest BCUT2D eigenvalue weighted by Gasteiger charge is -2.27. The Balaban J connectivity index is 2.56. The fraction of sp³-hybridized carbons (Fsp3) is 0.500. The fourth-order valence-electron chi connectivity index (χ4n) is 1.64. The zero-order valence-electron chi connectivity index (χ0n) is 12.3. The smallest absolute Gasteiger partial charge is 0.238 e. The van der Waals surface area contributed by atoms with Gasteiger partial charge in [0, 0.05) is 31.6 Å². The summed E-state index contributed by atoms with van der Waals surface area (Å²) in [6.45, 7) is 3.76. The molecule has 1 amide bonds. The quantitative estimate of drug-likeness (QED) is 0.853. The Labute approximate surface area is 120 Å². The van der Waals surface area contributed by atoms with Crippen molar-refractivity contribution in [3.05, 3.63) is 30.3 Å². The Bertz CT molecular complexity index is 543. The Morgan fingerprint density at radius 1 is 1.25 bits per heavy atom. The number of nitrogens with one attached hydrogen (secondary N) is 1. The summed E-state index contributed by atoms with van der Waals surface area (Å²) in [5, 5.41) is 1.66. The number of sulfone groups is 1. The number of hydrogen-bond donors (Lipinski definition) is 1. The molecule has 1 aromatic carbocycles. The topological polar surface area (TPSA) is 66.5 Å². The maximum Gasteiger partial charge on any atom is 0.238 e. The molecule has 5 nitrogen and oxygen atoms in total. The van der Waals surface area contributed by atoms with Gasteiger partial charge in [-0.3, -0.25) is 4.79 Å². The summed E-state index contributed by atoms with van der Waals surface area (Å²) in [6, 6.07) is 9.87. The van der Waals surface area contributed by atoms with Crippen molar-refractivity contribution < 1.29 is 13.2 Å². The Morgan fingerprint density at radius 3 is 2.30 bits per heavy atom. The molecule has 0 aliphatic heterocycles. The lowest BCUT2D eigenvalue weighted by atomic mass is 10.2. The van der Waals surface area contributed by atoms with Gasteiger partial charge in [0.05, 0.1) is 0 Å². The Morgan fingerprint density at radius 2 is 1.80 bits per heavy atom. The van der Waals surface area contributed by atoms with Crippen LogP contribution in [-0.4, -0.2) is 45.5 Å². The first-order valence-corrected chi connectivity index (χ1v) is 8.43. The zero-order chi connectivity index (χ0) is 15.3. The standard InChI is InChI=1S/C14H22N2O3S/c1-11(16(3)13-8-6-5-7-9-13)10-15-14(17)12(2)20(4,18)19/h5-9,11-12H,10H2,1-4H3,(H,15,17). The number of anilines is 1. The largest absolute Gasteiger partial charge is 0.370 e. The minimum atomic E-state index is -3.35. The lowest BCUT2D eigenvalue weighted by molar-refractivity contribution is -0.120. The zero-order valence-corrected chi connectivity index (χ0v) is 13.1. The minimum absolute atomic E-state index is 0.0631. The van der Waals surface area contributed by atoms with Crippen molar-refractivity contribution in [1.82, 2.24) is 5.32 Å². The monoisotopic (exact) mass is 298 g/mol. The highest BCUT2D eigenvalue weighted by molar-refractivity contribution is 7.92. The van der Waals surface area contributed by atoms with E-state index in [0.717, 1.165) is 11.9 Å². The van der Waals surface area contributed by atoms with Crippen LogP contribution in [-0.2, 0) is 14.6 Å². The van der Waals surface area contributed by atoms with E-state index in [1.54, 1.807) is 0 Å². The summed E-state index contributed by atoms with van der Waals surface area (Å²) in [4.78, 5) is 13.8. The Kier molecular flexibility index (Phi) is 5.56. The summed E-state index contributed by atoms with van der Waals surface area (Å²) in [6.07, 6.45) is 1.07. The lowest BCUT2D eigenvalue weighted by Crippen LogP contribution is -2.44. The van der Waals surface area contributed by atoms with Gasteiger partial charge in [0.1, 0.15) is 5.25 Å². The van der Waals surface area contributed by atoms with Crippen LogP contribution in [0, 0.1) is 0 Å². The SMILES string of the molecule is CC(CNC(=O)C(C)S(C)(=O)=O)N(C)c1ccccc1. The highest BCUT2D eigenvalue weighted by atomic mass is 32.2. The van der Waals surface area contributed by atoms with E-state index in [0.29, 0.717) is 6.54 Å². The van der Waals surface area contributed by atoms with Gasteiger partial charge in [-0.1, -0.05) is 18.2 Å². The number of carbonyl (C=O) groups is 1. The van der Waals surface area contributed by atoms with Crippen LogP contribution in [0.4, 0.5) is 5.69 Å². The number of hydrogen-bond acceptors (Lipinski definition) is 4. The van der Waals surface area contributed by atoms with Gasteiger partial charge in [-0.15, -0.1) is 0 Å². The fourth-order valence-corrected chi connectivity index (χ4v) is 2.11. The van der Waals surface area contributed by atoms with Crippen LogP contribution in [0.5, 0.6) is 0 Å². The molecule has 112 valence electrons. The molecule has 0 aliphatic rings. The van der Waals surface area contributed by atoms with E-state index < -0.39 is 21.0 Å². The normalized spacial score (nSPS) is 14.4. The molecule has 0 fully saturated rings. The molecule has 20 heavy (non-hydrogen) atoms. The predicted molar refractivity (Wildman–Crippen MR) is 81.6 cm³/mol. The Hall–Kier alpha value is -1.56. The van der Waals surface area contributed by atoms with Crippen LogP contribution in [0.15, 0.2) is 30.3 Å². The van der Waals surface area contributed by atoms with E-state index in [1.807, 2.05) is 49.2 Å². The van der Waals surface area contributed by atoms with Crippen LogP contribution < -0.4 is 10.2 Å². The van der Waals surface area contributed by atoms with Crippen molar-refractivity contribution in [2.75, 3.05) is 24.7 Å². The first-order valence-electron chi connectivity index (χ1n) is 6.48. The number of para-hydroxylation sites is 1. The third-order valence-electron chi connectivity index (χ3n) is 3.41. The molecule has 2 atom stereocenters. The van der Waals surface area contributed by atoms with Gasteiger partial charge >= 0.3 is 0 Å². The second-order valence-electron chi connectivity index (χ2n) is 5.01. The highest BCUT2D eigenvalue weighted by Crippen LogP contribution is 2.13. The van der Waals surface area contributed by atoms with Gasteiger partial charge in [-0.25, -0.2) is 8.42 Å². The molecule has 0 saturated heterocycles. The van der Waals surface area contributed by atoms with Crippen molar-refractivity contribution in [2.24, 2.45) is 0 Å². The number of nitrogens with zero attached hydrogens (tertiary/aromatic N) is 1. The molecule has 1 rings (SSSR count). The van der Waals surface area contributed by atoms with Crippen LogP contribution in [0.1, 0.15) is 13.8 Å². The van der Waals surface area contributed by atoms with Crippen molar-refractivity contribution in [3.8, 4) is 0 Å². The average Bonchev–Trinajstić information content (AvgIpc) is 2.42. The van der Waals surface area contributed by atoms with Crippen molar-refractivity contribution in [2.45, 2.75) is 25.1 Å². The number of benzene rings is 1. The minimum Gasteiger partial charge on any atom is -0.370 e. The van der Waals surface area contributed by atoms with Crippen molar-refractivity contribution in [1.29, 1.82) is 0 Å². The number of amides is 1. The number of carbonyl (C=O) groups excluding carboxylic acids is 1. The molecule has 0 bridgehead atoms. The molecule has 0 heterocycles. The van der Waals surface area contributed by atoms with Crippen molar-refractivity contribution in [3.63, 3.8) is 0 Å². The predicted octanol–water partition coefficient (Wildman–Crippen LogP) is 1.06. The van der Waals surface area contributed by atoms with Crippen LogP contribution in [0.2, 0.25) is 0 Å². The van der Waals surface area contributed by atoms with Gasteiger partial charge in [0.25, 0.3) is 0 Å². The van der Waals surface area contributed by atoms with Crippen molar-refractivity contribution >= 4 is 21.4 Å². The molecule has 1 aromatic rings. The summed E-state index contributed by atoms with van der Waals surface area (Å²) in [7, 11) is -1.41. The maximum atomic E-state index is 11.7. The van der Waals surface area contributed by atoms with Crippen LogP contribution in [0.25, 0.3) is 0 Å². The summed E-state index contributed by atoms with van der Waals surface area (Å²) in [5.41, 5.74) is 1.05.